The molecular weight excluding hydrogens is 266 g/mol. The van der Waals surface area contributed by atoms with Crippen molar-refractivity contribution in [3.8, 4) is 0 Å². The van der Waals surface area contributed by atoms with Crippen LogP contribution in [0.15, 0.2) is 24.3 Å². The third-order valence-electron chi connectivity index (χ3n) is 3.22. The van der Waals surface area contributed by atoms with E-state index in [4.69, 9.17) is 4.74 Å². The zero-order valence-electron chi connectivity index (χ0n) is 13.1. The van der Waals surface area contributed by atoms with Gasteiger partial charge in [-0.3, -0.25) is 10.2 Å². The van der Waals surface area contributed by atoms with Gasteiger partial charge in [0.25, 0.3) is 0 Å². The lowest BCUT2D eigenvalue weighted by molar-refractivity contribution is 0.0636. The maximum atomic E-state index is 11.7. The molecule has 1 aromatic rings. The highest BCUT2D eigenvalue weighted by Crippen LogP contribution is 2.14. The minimum absolute atomic E-state index is 0.419. The number of benzene rings is 1. The predicted octanol–water partition coefficient (Wildman–Crippen LogP) is 2.44. The van der Waals surface area contributed by atoms with Crippen molar-refractivity contribution in [1.29, 1.82) is 0 Å². The van der Waals surface area contributed by atoms with Gasteiger partial charge in [0.1, 0.15) is 5.60 Å². The summed E-state index contributed by atoms with van der Waals surface area (Å²) in [5.74, 6) is 0. The largest absolute Gasteiger partial charge is 0.444 e. The van der Waals surface area contributed by atoms with E-state index in [1.54, 1.807) is 0 Å². The first-order valence-corrected chi connectivity index (χ1v) is 7.44. The maximum absolute atomic E-state index is 11.7. The third-order valence-corrected chi connectivity index (χ3v) is 3.22. The quantitative estimate of drug-likeness (QED) is 0.898. The summed E-state index contributed by atoms with van der Waals surface area (Å²) in [4.78, 5) is 14.1. The van der Waals surface area contributed by atoms with E-state index < -0.39 is 11.7 Å². The van der Waals surface area contributed by atoms with Crippen LogP contribution in [0.4, 0.5) is 10.5 Å². The average Bonchev–Trinajstić information content (AvgIpc) is 2.40. The molecule has 1 saturated heterocycles. The van der Waals surface area contributed by atoms with Gasteiger partial charge in [-0.25, -0.2) is 4.79 Å². The molecule has 5 nitrogen and oxygen atoms in total. The van der Waals surface area contributed by atoms with E-state index in [9.17, 15) is 4.79 Å². The Hall–Kier alpha value is -1.59. The molecule has 5 heteroatoms. The minimum atomic E-state index is -0.480. The van der Waals surface area contributed by atoms with Gasteiger partial charge >= 0.3 is 6.09 Å². The third kappa shape index (κ3) is 5.73. The highest BCUT2D eigenvalue weighted by molar-refractivity contribution is 5.84. The van der Waals surface area contributed by atoms with Gasteiger partial charge in [0.05, 0.1) is 0 Å². The Balaban J connectivity index is 1.85. The number of anilines is 1. The molecule has 0 saturated carbocycles. The normalized spacial score (nSPS) is 16.5. The SMILES string of the molecule is CC(C)(C)OC(=O)Nc1ccc(CN2CCNCC2)cc1. The predicted molar refractivity (Wildman–Crippen MR) is 84.4 cm³/mol. The number of hydrogen-bond donors (Lipinski definition) is 2. The number of carbonyl (C=O) groups is 1. The van der Waals surface area contributed by atoms with Crippen LogP contribution in [0.1, 0.15) is 26.3 Å². The monoisotopic (exact) mass is 291 g/mol. The van der Waals surface area contributed by atoms with Gasteiger partial charge in [-0.05, 0) is 38.5 Å². The molecule has 2 N–H and O–H groups in total. The fourth-order valence-corrected chi connectivity index (χ4v) is 2.24. The van der Waals surface area contributed by atoms with Crippen molar-refractivity contribution in [2.75, 3.05) is 31.5 Å². The molecule has 1 heterocycles. The Morgan fingerprint density at radius 1 is 1.24 bits per heavy atom. The van der Waals surface area contributed by atoms with Crippen LogP contribution < -0.4 is 10.6 Å². The number of nitrogens with zero attached hydrogens (tertiary/aromatic N) is 1. The fourth-order valence-electron chi connectivity index (χ4n) is 2.24. The first-order valence-electron chi connectivity index (χ1n) is 7.44. The zero-order valence-corrected chi connectivity index (χ0v) is 13.1. The van der Waals surface area contributed by atoms with E-state index >= 15 is 0 Å². The summed E-state index contributed by atoms with van der Waals surface area (Å²) >= 11 is 0. The van der Waals surface area contributed by atoms with E-state index in [-0.39, 0.29) is 0 Å². The standard InChI is InChI=1S/C16H25N3O2/c1-16(2,3)21-15(20)18-14-6-4-13(5-7-14)12-19-10-8-17-9-11-19/h4-7,17H,8-12H2,1-3H3,(H,18,20). The van der Waals surface area contributed by atoms with Crippen LogP contribution in [0.25, 0.3) is 0 Å². The van der Waals surface area contributed by atoms with Gasteiger partial charge in [-0.2, -0.15) is 0 Å². The summed E-state index contributed by atoms with van der Waals surface area (Å²) in [7, 11) is 0. The Morgan fingerprint density at radius 3 is 2.43 bits per heavy atom. The summed E-state index contributed by atoms with van der Waals surface area (Å²) < 4.78 is 5.23. The maximum Gasteiger partial charge on any atom is 0.412 e. The number of nitrogens with one attached hydrogen (secondary N) is 2. The number of piperazine rings is 1. The molecule has 1 fully saturated rings. The van der Waals surface area contributed by atoms with Crippen LogP contribution in [0.3, 0.4) is 0 Å². The van der Waals surface area contributed by atoms with Crippen molar-refractivity contribution in [3.63, 3.8) is 0 Å². The van der Waals surface area contributed by atoms with Crippen LogP contribution in [0.5, 0.6) is 0 Å². The van der Waals surface area contributed by atoms with Crippen molar-refractivity contribution in [1.82, 2.24) is 10.2 Å². The van der Waals surface area contributed by atoms with Gasteiger partial charge in [-0.15, -0.1) is 0 Å². The minimum Gasteiger partial charge on any atom is -0.444 e. The summed E-state index contributed by atoms with van der Waals surface area (Å²) in [5, 5.41) is 6.09. The lowest BCUT2D eigenvalue weighted by Gasteiger charge is -2.27. The van der Waals surface area contributed by atoms with E-state index in [1.165, 1.54) is 5.56 Å². The highest BCUT2D eigenvalue weighted by Gasteiger charge is 2.16. The second-order valence-corrected chi connectivity index (χ2v) is 6.35. The molecule has 116 valence electrons. The highest BCUT2D eigenvalue weighted by atomic mass is 16.6. The van der Waals surface area contributed by atoms with Crippen molar-refractivity contribution in [3.05, 3.63) is 29.8 Å². The van der Waals surface area contributed by atoms with Gasteiger partial charge < -0.3 is 10.1 Å². The molecule has 0 atom stereocenters. The average molecular weight is 291 g/mol. The van der Waals surface area contributed by atoms with Crippen molar-refractivity contribution >= 4 is 11.8 Å². The second kappa shape index (κ2) is 6.91. The lowest BCUT2D eigenvalue weighted by atomic mass is 10.2. The molecule has 0 spiro atoms. The number of carbonyl (C=O) groups excluding carboxylic acids is 1. The number of rotatable bonds is 3. The van der Waals surface area contributed by atoms with E-state index in [2.05, 4.69) is 27.7 Å². The van der Waals surface area contributed by atoms with Crippen molar-refractivity contribution in [2.45, 2.75) is 32.9 Å². The van der Waals surface area contributed by atoms with Gasteiger partial charge in [0.15, 0.2) is 0 Å². The van der Waals surface area contributed by atoms with Crippen LogP contribution in [-0.2, 0) is 11.3 Å². The first kappa shape index (κ1) is 15.8. The number of amides is 1. The van der Waals surface area contributed by atoms with Crippen LogP contribution in [0.2, 0.25) is 0 Å². The van der Waals surface area contributed by atoms with Crippen LogP contribution >= 0.6 is 0 Å². The molecule has 2 rings (SSSR count). The molecule has 1 amide bonds. The molecule has 1 aliphatic heterocycles. The van der Waals surface area contributed by atoms with Gasteiger partial charge in [0, 0.05) is 38.4 Å². The number of hydrogen-bond acceptors (Lipinski definition) is 4. The molecule has 0 unspecified atom stereocenters. The molecule has 1 aliphatic rings. The molecule has 0 aliphatic carbocycles. The Bertz CT molecular complexity index is 459. The summed E-state index contributed by atoms with van der Waals surface area (Å²) in [6, 6.07) is 7.94. The van der Waals surface area contributed by atoms with E-state index in [0.29, 0.717) is 0 Å². The summed E-state index contributed by atoms with van der Waals surface area (Å²) in [6.45, 7) is 10.8. The van der Waals surface area contributed by atoms with Crippen molar-refractivity contribution < 1.29 is 9.53 Å². The summed E-state index contributed by atoms with van der Waals surface area (Å²) in [6.07, 6.45) is -0.419. The van der Waals surface area contributed by atoms with E-state index in [0.717, 1.165) is 38.4 Å². The van der Waals surface area contributed by atoms with Crippen LogP contribution in [-0.4, -0.2) is 42.8 Å². The molecule has 0 radical (unpaired) electrons. The second-order valence-electron chi connectivity index (χ2n) is 6.35. The Morgan fingerprint density at radius 2 is 1.86 bits per heavy atom. The molecule has 0 bridgehead atoms. The Kier molecular flexibility index (Phi) is 5.20. The lowest BCUT2D eigenvalue weighted by Crippen LogP contribution is -2.42. The topological polar surface area (TPSA) is 53.6 Å². The first-order chi connectivity index (χ1) is 9.92. The molecular formula is C16H25N3O2. The summed E-state index contributed by atoms with van der Waals surface area (Å²) in [5.41, 5.74) is 1.53. The van der Waals surface area contributed by atoms with Gasteiger partial charge in [0.2, 0.25) is 0 Å². The van der Waals surface area contributed by atoms with Crippen LogP contribution in [0, 0.1) is 0 Å². The number of ether oxygens (including phenoxy) is 1. The van der Waals surface area contributed by atoms with Crippen molar-refractivity contribution in [2.24, 2.45) is 0 Å². The molecule has 0 aromatic heterocycles. The van der Waals surface area contributed by atoms with Gasteiger partial charge in [-0.1, -0.05) is 12.1 Å². The zero-order chi connectivity index (χ0) is 15.3. The van der Waals surface area contributed by atoms with E-state index in [1.807, 2.05) is 32.9 Å². The molecule has 21 heavy (non-hydrogen) atoms. The Labute approximate surface area is 126 Å². The molecule has 1 aromatic carbocycles. The fraction of sp³-hybridized carbons (Fsp3) is 0.562. The smallest absolute Gasteiger partial charge is 0.412 e.